The molecule has 0 saturated carbocycles. The number of para-hydroxylation sites is 2. The van der Waals surface area contributed by atoms with Crippen LogP contribution in [-0.4, -0.2) is 35.9 Å². The zero-order valence-corrected chi connectivity index (χ0v) is 9.97. The summed E-state index contributed by atoms with van der Waals surface area (Å²) in [5.41, 5.74) is -0.573. The summed E-state index contributed by atoms with van der Waals surface area (Å²) < 4.78 is 12.9. The fraction of sp³-hybridized carbons (Fsp3) is 0.462. The fourth-order valence-corrected chi connectivity index (χ4v) is 2.31. The van der Waals surface area contributed by atoms with Crippen LogP contribution in [0.2, 0.25) is 0 Å². The van der Waals surface area contributed by atoms with E-state index in [0.29, 0.717) is 18.8 Å². The molecule has 5 heteroatoms. The van der Waals surface area contributed by atoms with Gasteiger partial charge in [0.15, 0.2) is 0 Å². The van der Waals surface area contributed by atoms with Crippen LogP contribution in [0.4, 0.5) is 10.1 Å². The number of rotatable bonds is 3. The van der Waals surface area contributed by atoms with Crippen LogP contribution in [-0.2, 0) is 4.79 Å². The molecule has 0 bridgehead atoms. The molecule has 0 radical (unpaired) electrons. The van der Waals surface area contributed by atoms with E-state index in [-0.39, 0.29) is 18.6 Å². The fourth-order valence-electron chi connectivity index (χ4n) is 2.31. The van der Waals surface area contributed by atoms with Crippen molar-refractivity contribution < 1.29 is 19.4 Å². The summed E-state index contributed by atoms with van der Waals surface area (Å²) >= 11 is 0. The molecule has 1 aliphatic rings. The maximum absolute atomic E-state index is 12.9. The van der Waals surface area contributed by atoms with Crippen molar-refractivity contribution >= 4 is 11.7 Å². The average molecular weight is 253 g/mol. The number of phenols is 1. The zero-order chi connectivity index (χ0) is 13.2. The Hall–Kier alpha value is -1.78. The van der Waals surface area contributed by atoms with Gasteiger partial charge in [-0.05, 0) is 25.0 Å². The first-order valence-corrected chi connectivity index (χ1v) is 5.91. The lowest BCUT2D eigenvalue weighted by Gasteiger charge is -2.38. The lowest BCUT2D eigenvalue weighted by Crippen LogP contribution is -2.45. The van der Waals surface area contributed by atoms with E-state index in [1.807, 2.05) is 11.0 Å². The van der Waals surface area contributed by atoms with Crippen LogP contribution in [0.25, 0.3) is 0 Å². The molecule has 1 fully saturated rings. The van der Waals surface area contributed by atoms with Gasteiger partial charge in [-0.2, -0.15) is 0 Å². The minimum Gasteiger partial charge on any atom is -0.506 e. The van der Waals surface area contributed by atoms with Crippen molar-refractivity contribution in [2.24, 2.45) is 5.41 Å². The Morgan fingerprint density at radius 2 is 1.94 bits per heavy atom. The number of aliphatic carboxylic acids is 1. The van der Waals surface area contributed by atoms with Gasteiger partial charge in [-0.25, -0.2) is 4.39 Å². The van der Waals surface area contributed by atoms with Crippen LogP contribution < -0.4 is 4.90 Å². The van der Waals surface area contributed by atoms with E-state index < -0.39 is 18.1 Å². The molecule has 2 N–H and O–H groups in total. The predicted molar refractivity (Wildman–Crippen MR) is 65.6 cm³/mol. The van der Waals surface area contributed by atoms with Crippen molar-refractivity contribution in [2.75, 3.05) is 24.7 Å². The minimum atomic E-state index is -1.25. The smallest absolute Gasteiger partial charge is 0.312 e. The lowest BCUT2D eigenvalue weighted by atomic mass is 9.79. The minimum absolute atomic E-state index is 0.167. The quantitative estimate of drug-likeness (QED) is 0.865. The molecule has 0 amide bonds. The van der Waals surface area contributed by atoms with Gasteiger partial charge < -0.3 is 15.1 Å². The molecule has 0 atom stereocenters. The number of aromatic hydroxyl groups is 1. The van der Waals surface area contributed by atoms with Crippen molar-refractivity contribution in [3.05, 3.63) is 24.3 Å². The number of hydrogen-bond donors (Lipinski definition) is 2. The summed E-state index contributed by atoms with van der Waals surface area (Å²) in [7, 11) is 0. The Kier molecular flexibility index (Phi) is 3.41. The third-order valence-electron chi connectivity index (χ3n) is 3.65. The maximum atomic E-state index is 12.9. The second kappa shape index (κ2) is 4.84. The SMILES string of the molecule is O=C(O)C1(CF)CCN(c2ccccc2O)CC1. The number of carbonyl (C=O) groups is 1. The Bertz CT molecular complexity index is 442. The molecule has 1 aromatic carbocycles. The first-order valence-electron chi connectivity index (χ1n) is 5.91. The normalized spacial score (nSPS) is 18.6. The van der Waals surface area contributed by atoms with E-state index in [2.05, 4.69) is 0 Å². The van der Waals surface area contributed by atoms with Crippen LogP contribution in [0, 0.1) is 5.41 Å². The standard InChI is InChI=1S/C13H16FNO3/c14-9-13(12(17)18)5-7-15(8-6-13)10-3-1-2-4-11(10)16/h1-4,16H,5-9H2,(H,17,18). The topological polar surface area (TPSA) is 60.8 Å². The number of anilines is 1. The van der Waals surface area contributed by atoms with Gasteiger partial charge in [-0.3, -0.25) is 4.79 Å². The highest BCUT2D eigenvalue weighted by molar-refractivity contribution is 5.75. The monoisotopic (exact) mass is 253 g/mol. The van der Waals surface area contributed by atoms with Crippen molar-refractivity contribution in [1.29, 1.82) is 0 Å². The second-order valence-corrected chi connectivity index (χ2v) is 4.69. The van der Waals surface area contributed by atoms with Crippen molar-refractivity contribution in [1.82, 2.24) is 0 Å². The number of nitrogens with zero attached hydrogens (tertiary/aromatic N) is 1. The first-order chi connectivity index (χ1) is 8.59. The Labute approximate surface area is 105 Å². The average Bonchev–Trinajstić information content (AvgIpc) is 2.39. The second-order valence-electron chi connectivity index (χ2n) is 4.69. The number of halogens is 1. The van der Waals surface area contributed by atoms with E-state index in [1.54, 1.807) is 18.2 Å². The molecular formula is C13H16FNO3. The third-order valence-corrected chi connectivity index (χ3v) is 3.65. The molecule has 1 aliphatic heterocycles. The van der Waals surface area contributed by atoms with Crippen molar-refractivity contribution in [3.8, 4) is 5.75 Å². The van der Waals surface area contributed by atoms with Gasteiger partial charge in [0.2, 0.25) is 0 Å². The van der Waals surface area contributed by atoms with Gasteiger partial charge in [0, 0.05) is 13.1 Å². The van der Waals surface area contributed by atoms with Crippen molar-refractivity contribution in [3.63, 3.8) is 0 Å². The van der Waals surface area contributed by atoms with Crippen LogP contribution in [0.5, 0.6) is 5.75 Å². The van der Waals surface area contributed by atoms with Crippen LogP contribution in [0.3, 0.4) is 0 Å². The molecule has 2 rings (SSSR count). The van der Waals surface area contributed by atoms with Gasteiger partial charge in [0.1, 0.15) is 12.4 Å². The molecule has 1 aromatic rings. The van der Waals surface area contributed by atoms with Gasteiger partial charge in [0.05, 0.1) is 11.1 Å². The third kappa shape index (κ3) is 2.12. The summed E-state index contributed by atoms with van der Waals surface area (Å²) in [6.45, 7) is 0.0402. The number of benzene rings is 1. The molecule has 98 valence electrons. The molecule has 0 aliphatic carbocycles. The molecule has 1 heterocycles. The Balaban J connectivity index is 2.11. The van der Waals surface area contributed by atoms with Crippen LogP contribution in [0.1, 0.15) is 12.8 Å². The van der Waals surface area contributed by atoms with Crippen LogP contribution in [0.15, 0.2) is 24.3 Å². The zero-order valence-electron chi connectivity index (χ0n) is 9.97. The van der Waals surface area contributed by atoms with Gasteiger partial charge in [0.25, 0.3) is 0 Å². The van der Waals surface area contributed by atoms with Gasteiger partial charge in [-0.1, -0.05) is 12.1 Å². The number of carboxylic acid groups (broad SMARTS) is 1. The lowest BCUT2D eigenvalue weighted by molar-refractivity contribution is -0.151. The molecule has 0 unspecified atom stereocenters. The van der Waals surface area contributed by atoms with E-state index in [1.165, 1.54) is 0 Å². The number of carboxylic acids is 1. The predicted octanol–water partition coefficient (Wildman–Crippen LogP) is 2.03. The molecular weight excluding hydrogens is 237 g/mol. The molecule has 0 aromatic heterocycles. The number of alkyl halides is 1. The number of piperidine rings is 1. The number of phenolic OH excluding ortho intramolecular Hbond substituents is 1. The van der Waals surface area contributed by atoms with Gasteiger partial charge in [-0.15, -0.1) is 0 Å². The summed E-state index contributed by atoms with van der Waals surface area (Å²) in [5.74, 6) is -0.900. The highest BCUT2D eigenvalue weighted by Gasteiger charge is 2.42. The van der Waals surface area contributed by atoms with E-state index >= 15 is 0 Å². The first kappa shape index (κ1) is 12.7. The molecule has 18 heavy (non-hydrogen) atoms. The van der Waals surface area contributed by atoms with Crippen molar-refractivity contribution in [2.45, 2.75) is 12.8 Å². The van der Waals surface area contributed by atoms with Crippen LogP contribution >= 0.6 is 0 Å². The van der Waals surface area contributed by atoms with Gasteiger partial charge >= 0.3 is 5.97 Å². The summed E-state index contributed by atoms with van der Waals surface area (Å²) in [6, 6.07) is 6.90. The highest BCUT2D eigenvalue weighted by atomic mass is 19.1. The van der Waals surface area contributed by atoms with E-state index in [4.69, 9.17) is 5.11 Å². The Morgan fingerprint density at radius 1 is 1.33 bits per heavy atom. The molecule has 4 nitrogen and oxygen atoms in total. The largest absolute Gasteiger partial charge is 0.506 e. The summed E-state index contributed by atoms with van der Waals surface area (Å²) in [5, 5.41) is 18.8. The Morgan fingerprint density at radius 3 is 2.44 bits per heavy atom. The molecule has 1 saturated heterocycles. The summed E-state index contributed by atoms with van der Waals surface area (Å²) in [4.78, 5) is 13.0. The number of hydrogen-bond acceptors (Lipinski definition) is 3. The highest BCUT2D eigenvalue weighted by Crippen LogP contribution is 2.36. The van der Waals surface area contributed by atoms with E-state index in [0.717, 1.165) is 0 Å². The van der Waals surface area contributed by atoms with E-state index in [9.17, 15) is 14.3 Å². The molecule has 0 spiro atoms. The summed E-state index contributed by atoms with van der Waals surface area (Å²) in [6.07, 6.45) is 0.514. The maximum Gasteiger partial charge on any atom is 0.312 e.